The summed E-state index contributed by atoms with van der Waals surface area (Å²) in [5.74, 6) is 1.30. The maximum Gasteiger partial charge on any atom is 0.199 e. The van der Waals surface area contributed by atoms with Crippen molar-refractivity contribution in [3.05, 3.63) is 16.8 Å². The Morgan fingerprint density at radius 1 is 1.62 bits per heavy atom. The number of nitrogens with one attached hydrogen (secondary N) is 1. The van der Waals surface area contributed by atoms with Crippen molar-refractivity contribution in [3.8, 4) is 0 Å². The summed E-state index contributed by atoms with van der Waals surface area (Å²) < 4.78 is 6.13. The largest absolute Gasteiger partial charge is 0.447 e. The van der Waals surface area contributed by atoms with Gasteiger partial charge < -0.3 is 9.73 Å². The molecule has 2 atom stereocenters. The molecule has 0 radical (unpaired) electrons. The van der Waals surface area contributed by atoms with E-state index in [0.29, 0.717) is 12.0 Å². The van der Waals surface area contributed by atoms with Gasteiger partial charge in [0.1, 0.15) is 10.9 Å². The lowest BCUT2D eigenvalue weighted by atomic mass is 9.95. The highest BCUT2D eigenvalue weighted by atomic mass is 79.9. The van der Waals surface area contributed by atoms with Crippen molar-refractivity contribution in [1.29, 1.82) is 0 Å². The highest BCUT2D eigenvalue weighted by molar-refractivity contribution is 9.10. The minimum Gasteiger partial charge on any atom is -0.447 e. The van der Waals surface area contributed by atoms with Crippen LogP contribution in [0.25, 0.3) is 0 Å². The van der Waals surface area contributed by atoms with Crippen LogP contribution in [0.4, 0.5) is 0 Å². The molecule has 72 valence electrons. The average Bonchev–Trinajstić information content (AvgIpc) is 2.53. The van der Waals surface area contributed by atoms with E-state index in [2.05, 4.69) is 33.2 Å². The zero-order valence-electron chi connectivity index (χ0n) is 7.59. The molecule has 0 spiro atoms. The van der Waals surface area contributed by atoms with Crippen LogP contribution in [-0.4, -0.2) is 17.6 Å². The number of nitrogens with zero attached hydrogens (tertiary/aromatic N) is 1. The molecule has 1 aromatic heterocycles. The molecule has 4 heteroatoms. The van der Waals surface area contributed by atoms with Crippen LogP contribution in [0.5, 0.6) is 0 Å². The molecule has 0 aromatic carbocycles. The van der Waals surface area contributed by atoms with E-state index in [1.807, 2.05) is 0 Å². The van der Waals surface area contributed by atoms with Gasteiger partial charge in [-0.2, -0.15) is 0 Å². The van der Waals surface area contributed by atoms with E-state index >= 15 is 0 Å². The fourth-order valence-corrected chi connectivity index (χ4v) is 1.93. The summed E-state index contributed by atoms with van der Waals surface area (Å²) in [5, 5.41) is 3.42. The van der Waals surface area contributed by atoms with Gasteiger partial charge in [-0.25, -0.2) is 4.98 Å². The summed E-state index contributed by atoms with van der Waals surface area (Å²) in [7, 11) is 0. The Morgan fingerprint density at radius 3 is 3.00 bits per heavy atom. The van der Waals surface area contributed by atoms with E-state index in [-0.39, 0.29) is 0 Å². The van der Waals surface area contributed by atoms with Crippen molar-refractivity contribution < 1.29 is 4.42 Å². The monoisotopic (exact) mass is 244 g/mol. The number of oxazole rings is 1. The number of halogens is 1. The van der Waals surface area contributed by atoms with Gasteiger partial charge >= 0.3 is 0 Å². The summed E-state index contributed by atoms with van der Waals surface area (Å²) in [6.45, 7) is 3.19. The van der Waals surface area contributed by atoms with Gasteiger partial charge in [-0.3, -0.25) is 0 Å². The van der Waals surface area contributed by atoms with Gasteiger partial charge in [0, 0.05) is 18.5 Å². The topological polar surface area (TPSA) is 38.1 Å². The van der Waals surface area contributed by atoms with E-state index in [9.17, 15) is 0 Å². The maximum atomic E-state index is 5.34. The van der Waals surface area contributed by atoms with Crippen molar-refractivity contribution in [2.24, 2.45) is 0 Å². The smallest absolute Gasteiger partial charge is 0.199 e. The van der Waals surface area contributed by atoms with Crippen LogP contribution in [0.1, 0.15) is 31.6 Å². The molecule has 1 saturated heterocycles. The molecule has 2 heterocycles. The van der Waals surface area contributed by atoms with Crippen LogP contribution in [0, 0.1) is 0 Å². The van der Waals surface area contributed by atoms with Crippen molar-refractivity contribution in [3.63, 3.8) is 0 Å². The van der Waals surface area contributed by atoms with Gasteiger partial charge in [0.15, 0.2) is 5.89 Å². The summed E-state index contributed by atoms with van der Waals surface area (Å²) in [5.41, 5.74) is 0. The van der Waals surface area contributed by atoms with E-state index in [0.717, 1.165) is 17.0 Å². The second-order valence-corrected chi connectivity index (χ2v) is 4.40. The minimum atomic E-state index is 0.447. The lowest BCUT2D eigenvalue weighted by Gasteiger charge is -2.25. The maximum absolute atomic E-state index is 5.34. The van der Waals surface area contributed by atoms with Crippen LogP contribution >= 0.6 is 15.9 Å². The molecule has 1 aliphatic heterocycles. The van der Waals surface area contributed by atoms with Gasteiger partial charge in [0.2, 0.25) is 0 Å². The number of hydrogen-bond donors (Lipinski definition) is 1. The fraction of sp³-hybridized carbons (Fsp3) is 0.667. The summed E-state index contributed by atoms with van der Waals surface area (Å²) in [6.07, 6.45) is 4.01. The minimum absolute atomic E-state index is 0.447. The zero-order valence-corrected chi connectivity index (χ0v) is 9.17. The first kappa shape index (κ1) is 9.21. The summed E-state index contributed by atoms with van der Waals surface area (Å²) in [4.78, 5) is 4.27. The first-order valence-corrected chi connectivity index (χ1v) is 5.39. The second kappa shape index (κ2) is 3.80. The van der Waals surface area contributed by atoms with Gasteiger partial charge in [0.05, 0.1) is 0 Å². The summed E-state index contributed by atoms with van der Waals surface area (Å²) >= 11 is 3.29. The third-order valence-corrected chi connectivity index (χ3v) is 2.87. The first-order valence-electron chi connectivity index (χ1n) is 4.60. The highest BCUT2D eigenvalue weighted by Crippen LogP contribution is 2.25. The lowest BCUT2D eigenvalue weighted by molar-refractivity contribution is 0.335. The zero-order chi connectivity index (χ0) is 9.26. The predicted octanol–water partition coefficient (Wildman–Crippen LogP) is 2.29. The molecular formula is C9H13BrN2O. The predicted molar refractivity (Wildman–Crippen MR) is 53.6 cm³/mol. The Labute approximate surface area is 86.0 Å². The molecule has 0 aliphatic carbocycles. The van der Waals surface area contributed by atoms with Crippen LogP contribution < -0.4 is 5.32 Å². The molecule has 0 amide bonds. The van der Waals surface area contributed by atoms with Gasteiger partial charge in [-0.15, -0.1) is 0 Å². The molecule has 1 aromatic rings. The number of piperidine rings is 1. The van der Waals surface area contributed by atoms with E-state index < -0.39 is 0 Å². The van der Waals surface area contributed by atoms with Gasteiger partial charge in [0.25, 0.3) is 0 Å². The van der Waals surface area contributed by atoms with E-state index in [4.69, 9.17) is 4.42 Å². The third-order valence-electron chi connectivity index (χ3n) is 2.50. The van der Waals surface area contributed by atoms with Crippen molar-refractivity contribution in [1.82, 2.24) is 10.3 Å². The molecule has 0 bridgehead atoms. The number of hydrogen-bond acceptors (Lipinski definition) is 3. The van der Waals surface area contributed by atoms with Crippen molar-refractivity contribution in [2.45, 2.75) is 31.7 Å². The van der Waals surface area contributed by atoms with Crippen LogP contribution in [-0.2, 0) is 0 Å². The summed E-state index contributed by atoms with van der Waals surface area (Å²) in [6, 6.07) is 0.634. The average molecular weight is 245 g/mol. The molecule has 1 fully saturated rings. The number of aromatic nitrogens is 1. The first-order chi connectivity index (χ1) is 6.25. The Morgan fingerprint density at radius 2 is 2.46 bits per heavy atom. The molecule has 1 aliphatic rings. The quantitative estimate of drug-likeness (QED) is 0.824. The van der Waals surface area contributed by atoms with Gasteiger partial charge in [-0.1, -0.05) is 0 Å². The molecule has 3 nitrogen and oxygen atoms in total. The molecule has 13 heavy (non-hydrogen) atoms. The Kier molecular flexibility index (Phi) is 2.69. The highest BCUT2D eigenvalue weighted by Gasteiger charge is 2.22. The molecule has 2 unspecified atom stereocenters. The van der Waals surface area contributed by atoms with E-state index in [1.54, 1.807) is 6.26 Å². The molecule has 2 rings (SSSR count). The Hall–Kier alpha value is -0.350. The van der Waals surface area contributed by atoms with Crippen LogP contribution in [0.2, 0.25) is 0 Å². The van der Waals surface area contributed by atoms with Gasteiger partial charge in [-0.05, 0) is 35.7 Å². The lowest BCUT2D eigenvalue weighted by Crippen LogP contribution is -2.35. The van der Waals surface area contributed by atoms with Crippen LogP contribution in [0.15, 0.2) is 15.3 Å². The fourth-order valence-electron chi connectivity index (χ4n) is 1.66. The normalized spacial score (nSPS) is 29.1. The molecule has 1 N–H and O–H groups in total. The third kappa shape index (κ3) is 2.11. The van der Waals surface area contributed by atoms with E-state index in [1.165, 1.54) is 12.8 Å². The second-order valence-electron chi connectivity index (χ2n) is 3.59. The Bertz CT molecular complexity index is 279. The number of rotatable bonds is 1. The molecule has 0 saturated carbocycles. The standard InChI is InChI=1S/C9H13BrN2O/c1-6-2-3-7(4-11-6)9-12-8(10)5-13-9/h5-7,11H,2-4H2,1H3. The van der Waals surface area contributed by atoms with Crippen LogP contribution in [0.3, 0.4) is 0 Å². The van der Waals surface area contributed by atoms with Crippen molar-refractivity contribution in [2.75, 3.05) is 6.54 Å². The molecular weight excluding hydrogens is 232 g/mol. The van der Waals surface area contributed by atoms with Crippen molar-refractivity contribution >= 4 is 15.9 Å². The Balaban J connectivity index is 2.02. The SMILES string of the molecule is CC1CCC(c2nc(Br)co2)CN1.